The fourth-order valence-corrected chi connectivity index (χ4v) is 2.67. The van der Waals surface area contributed by atoms with E-state index in [9.17, 15) is 5.11 Å². The van der Waals surface area contributed by atoms with Gasteiger partial charge in [-0.25, -0.2) is 0 Å². The van der Waals surface area contributed by atoms with E-state index < -0.39 is 5.60 Å². The van der Waals surface area contributed by atoms with Crippen molar-refractivity contribution in [3.8, 4) is 0 Å². The Morgan fingerprint density at radius 1 is 1.44 bits per heavy atom. The Kier molecular flexibility index (Phi) is 4.19. The van der Waals surface area contributed by atoms with E-state index in [-0.39, 0.29) is 0 Å². The van der Waals surface area contributed by atoms with Crippen LogP contribution in [0.2, 0.25) is 0 Å². The minimum absolute atomic E-state index is 0.305. The van der Waals surface area contributed by atoms with E-state index in [1.54, 1.807) is 7.11 Å². The van der Waals surface area contributed by atoms with Gasteiger partial charge in [0.05, 0.1) is 12.7 Å². The second-order valence-corrected chi connectivity index (χ2v) is 5.07. The summed E-state index contributed by atoms with van der Waals surface area (Å²) < 4.78 is 10.7. The average molecular weight is 229 g/mol. The summed E-state index contributed by atoms with van der Waals surface area (Å²) in [6, 6.07) is 0.392. The fraction of sp³-hybridized carbons (Fsp3) is 1.00. The van der Waals surface area contributed by atoms with Crippen LogP contribution in [0.4, 0.5) is 0 Å². The molecule has 16 heavy (non-hydrogen) atoms. The molecule has 4 heteroatoms. The number of nitrogens with one attached hydrogen (secondary N) is 1. The molecule has 1 aliphatic carbocycles. The van der Waals surface area contributed by atoms with Crippen LogP contribution in [0.5, 0.6) is 0 Å². The summed E-state index contributed by atoms with van der Waals surface area (Å²) >= 11 is 0. The molecule has 94 valence electrons. The Labute approximate surface area is 97.3 Å². The number of methoxy groups -OCH3 is 1. The molecule has 0 aromatic rings. The second kappa shape index (κ2) is 5.45. The van der Waals surface area contributed by atoms with Crippen LogP contribution in [0.3, 0.4) is 0 Å². The Morgan fingerprint density at radius 2 is 2.25 bits per heavy atom. The summed E-state index contributed by atoms with van der Waals surface area (Å²) in [5, 5.41) is 13.6. The van der Waals surface area contributed by atoms with E-state index >= 15 is 0 Å². The van der Waals surface area contributed by atoms with Crippen molar-refractivity contribution in [3.63, 3.8) is 0 Å². The molecule has 1 heterocycles. The smallest absolute Gasteiger partial charge is 0.103 e. The zero-order valence-corrected chi connectivity index (χ0v) is 10.1. The molecule has 2 fully saturated rings. The molecular formula is C12H23NO3. The highest BCUT2D eigenvalue weighted by Gasteiger charge is 2.34. The SMILES string of the molecule is COC1CCCCC1NCC1(O)CCOC1. The number of hydrogen-bond donors (Lipinski definition) is 2. The summed E-state index contributed by atoms with van der Waals surface area (Å²) in [5.41, 5.74) is -0.657. The molecule has 3 unspecified atom stereocenters. The van der Waals surface area contributed by atoms with Crippen LogP contribution in [-0.4, -0.2) is 49.7 Å². The third kappa shape index (κ3) is 2.94. The number of ether oxygens (including phenoxy) is 2. The summed E-state index contributed by atoms with van der Waals surface area (Å²) in [7, 11) is 1.78. The lowest BCUT2D eigenvalue weighted by atomic mass is 9.91. The van der Waals surface area contributed by atoms with Crippen molar-refractivity contribution in [2.24, 2.45) is 0 Å². The van der Waals surface area contributed by atoms with E-state index in [0.29, 0.717) is 31.9 Å². The molecule has 0 aromatic carbocycles. The molecule has 0 aromatic heterocycles. The van der Waals surface area contributed by atoms with Gasteiger partial charge in [0.2, 0.25) is 0 Å². The zero-order chi connectivity index (χ0) is 11.4. The van der Waals surface area contributed by atoms with Gasteiger partial charge in [0, 0.05) is 32.7 Å². The van der Waals surface area contributed by atoms with Gasteiger partial charge in [0.25, 0.3) is 0 Å². The Morgan fingerprint density at radius 3 is 2.94 bits per heavy atom. The van der Waals surface area contributed by atoms with Crippen LogP contribution in [0.1, 0.15) is 32.1 Å². The normalized spacial score (nSPS) is 40.1. The van der Waals surface area contributed by atoms with Crippen molar-refractivity contribution in [3.05, 3.63) is 0 Å². The number of hydrogen-bond acceptors (Lipinski definition) is 4. The summed E-state index contributed by atoms with van der Waals surface area (Å²) in [4.78, 5) is 0. The maximum absolute atomic E-state index is 10.2. The largest absolute Gasteiger partial charge is 0.386 e. The maximum atomic E-state index is 10.2. The maximum Gasteiger partial charge on any atom is 0.103 e. The molecule has 0 spiro atoms. The van der Waals surface area contributed by atoms with Gasteiger partial charge in [0.15, 0.2) is 0 Å². The topological polar surface area (TPSA) is 50.7 Å². The van der Waals surface area contributed by atoms with Crippen molar-refractivity contribution >= 4 is 0 Å². The van der Waals surface area contributed by atoms with Gasteiger partial charge in [-0.1, -0.05) is 12.8 Å². The molecule has 4 nitrogen and oxygen atoms in total. The minimum Gasteiger partial charge on any atom is -0.386 e. The molecule has 2 N–H and O–H groups in total. The molecule has 1 saturated carbocycles. The Balaban J connectivity index is 1.79. The summed E-state index contributed by atoms with van der Waals surface area (Å²) in [5.74, 6) is 0. The molecule has 2 aliphatic rings. The highest BCUT2D eigenvalue weighted by atomic mass is 16.5. The fourth-order valence-electron chi connectivity index (χ4n) is 2.67. The lowest BCUT2D eigenvalue weighted by molar-refractivity contribution is 0.00457. The van der Waals surface area contributed by atoms with E-state index in [1.807, 2.05) is 0 Å². The van der Waals surface area contributed by atoms with Crippen LogP contribution >= 0.6 is 0 Å². The molecule has 0 radical (unpaired) electrons. The molecule has 1 aliphatic heterocycles. The lowest BCUT2D eigenvalue weighted by Crippen LogP contribution is -2.50. The second-order valence-electron chi connectivity index (χ2n) is 5.07. The molecule has 0 amide bonds. The Hall–Kier alpha value is -0.160. The first kappa shape index (κ1) is 12.3. The third-order valence-corrected chi connectivity index (χ3v) is 3.78. The lowest BCUT2D eigenvalue weighted by Gasteiger charge is -2.33. The standard InChI is InChI=1S/C12H23NO3/c1-15-11-5-3-2-4-10(11)13-8-12(14)6-7-16-9-12/h10-11,13-14H,2-9H2,1H3. The van der Waals surface area contributed by atoms with Gasteiger partial charge in [-0.2, -0.15) is 0 Å². The Bertz CT molecular complexity index is 216. The van der Waals surface area contributed by atoms with Crippen molar-refractivity contribution in [1.29, 1.82) is 0 Å². The van der Waals surface area contributed by atoms with Crippen LogP contribution in [0, 0.1) is 0 Å². The highest BCUT2D eigenvalue weighted by Crippen LogP contribution is 2.22. The number of aliphatic hydroxyl groups is 1. The van der Waals surface area contributed by atoms with Crippen LogP contribution < -0.4 is 5.32 Å². The van der Waals surface area contributed by atoms with Gasteiger partial charge in [-0.05, 0) is 12.8 Å². The molecule has 2 rings (SSSR count). The molecular weight excluding hydrogens is 206 g/mol. The summed E-state index contributed by atoms with van der Waals surface area (Å²) in [6.45, 7) is 1.76. The van der Waals surface area contributed by atoms with E-state index in [1.165, 1.54) is 12.8 Å². The van der Waals surface area contributed by atoms with Crippen LogP contribution in [0.15, 0.2) is 0 Å². The first-order valence-electron chi connectivity index (χ1n) is 6.30. The van der Waals surface area contributed by atoms with Gasteiger partial charge < -0.3 is 19.9 Å². The van der Waals surface area contributed by atoms with Gasteiger partial charge >= 0.3 is 0 Å². The summed E-state index contributed by atoms with van der Waals surface area (Å²) in [6.07, 6.45) is 5.83. The van der Waals surface area contributed by atoms with Crippen LogP contribution in [-0.2, 0) is 9.47 Å². The van der Waals surface area contributed by atoms with E-state index in [0.717, 1.165) is 19.3 Å². The van der Waals surface area contributed by atoms with Crippen molar-refractivity contribution in [2.75, 3.05) is 26.9 Å². The van der Waals surface area contributed by atoms with Gasteiger partial charge in [-0.15, -0.1) is 0 Å². The quantitative estimate of drug-likeness (QED) is 0.744. The predicted octanol–water partition coefficient (Wildman–Crippen LogP) is 0.685. The van der Waals surface area contributed by atoms with Crippen molar-refractivity contribution < 1.29 is 14.6 Å². The molecule has 1 saturated heterocycles. The minimum atomic E-state index is -0.657. The monoisotopic (exact) mass is 229 g/mol. The first-order chi connectivity index (χ1) is 7.73. The van der Waals surface area contributed by atoms with Gasteiger partial charge in [-0.3, -0.25) is 0 Å². The van der Waals surface area contributed by atoms with Crippen molar-refractivity contribution in [2.45, 2.75) is 49.9 Å². The molecule has 0 bridgehead atoms. The van der Waals surface area contributed by atoms with E-state index in [2.05, 4.69) is 5.32 Å². The predicted molar refractivity (Wildman–Crippen MR) is 61.4 cm³/mol. The number of rotatable bonds is 4. The van der Waals surface area contributed by atoms with Crippen molar-refractivity contribution in [1.82, 2.24) is 5.32 Å². The highest BCUT2D eigenvalue weighted by molar-refractivity contribution is 4.89. The average Bonchev–Trinajstić information content (AvgIpc) is 2.74. The zero-order valence-electron chi connectivity index (χ0n) is 10.1. The van der Waals surface area contributed by atoms with Gasteiger partial charge in [0.1, 0.15) is 5.60 Å². The first-order valence-corrected chi connectivity index (χ1v) is 6.30. The van der Waals surface area contributed by atoms with E-state index in [4.69, 9.17) is 9.47 Å². The molecule has 3 atom stereocenters. The third-order valence-electron chi connectivity index (χ3n) is 3.78. The van der Waals surface area contributed by atoms with Crippen LogP contribution in [0.25, 0.3) is 0 Å².